The SMILES string of the molecule is COc1cc(CN2CC[C@H](N)C[C@@H]2C)cc(OC)c1OC. The van der Waals surface area contributed by atoms with Gasteiger partial charge in [0.1, 0.15) is 0 Å². The van der Waals surface area contributed by atoms with Crippen LogP contribution in [0.5, 0.6) is 17.2 Å². The summed E-state index contributed by atoms with van der Waals surface area (Å²) in [5.41, 5.74) is 7.19. The van der Waals surface area contributed by atoms with Gasteiger partial charge in [-0.3, -0.25) is 4.90 Å². The summed E-state index contributed by atoms with van der Waals surface area (Å²) in [6, 6.07) is 4.86. The molecule has 0 radical (unpaired) electrons. The summed E-state index contributed by atoms with van der Waals surface area (Å²) in [5.74, 6) is 2.04. The van der Waals surface area contributed by atoms with E-state index >= 15 is 0 Å². The Kier molecular flexibility index (Phi) is 5.31. The second kappa shape index (κ2) is 7.00. The number of hydrogen-bond acceptors (Lipinski definition) is 5. The second-order valence-electron chi connectivity index (χ2n) is 5.64. The van der Waals surface area contributed by atoms with Gasteiger partial charge in [0.25, 0.3) is 0 Å². The van der Waals surface area contributed by atoms with Crippen molar-refractivity contribution in [2.75, 3.05) is 27.9 Å². The van der Waals surface area contributed by atoms with Gasteiger partial charge < -0.3 is 19.9 Å². The number of nitrogens with zero attached hydrogens (tertiary/aromatic N) is 1. The first kappa shape index (κ1) is 15.9. The fraction of sp³-hybridized carbons (Fsp3) is 0.625. The van der Waals surface area contributed by atoms with Gasteiger partial charge in [0, 0.05) is 25.2 Å². The molecule has 2 rings (SSSR count). The summed E-state index contributed by atoms with van der Waals surface area (Å²) in [6.45, 7) is 4.13. The summed E-state index contributed by atoms with van der Waals surface area (Å²) >= 11 is 0. The van der Waals surface area contributed by atoms with E-state index in [-0.39, 0.29) is 0 Å². The van der Waals surface area contributed by atoms with Crippen LogP contribution in [0.15, 0.2) is 12.1 Å². The lowest BCUT2D eigenvalue weighted by Gasteiger charge is -2.36. The first-order chi connectivity index (χ1) is 10.1. The fourth-order valence-electron chi connectivity index (χ4n) is 2.95. The van der Waals surface area contributed by atoms with Crippen molar-refractivity contribution < 1.29 is 14.2 Å². The maximum absolute atomic E-state index is 6.03. The lowest BCUT2D eigenvalue weighted by molar-refractivity contribution is 0.139. The molecule has 0 saturated carbocycles. The average Bonchev–Trinajstić information content (AvgIpc) is 2.49. The molecule has 1 fully saturated rings. The van der Waals surface area contributed by atoms with Crippen molar-refractivity contribution in [2.45, 2.75) is 38.4 Å². The minimum atomic E-state index is 0.330. The molecule has 1 heterocycles. The van der Waals surface area contributed by atoms with Gasteiger partial charge in [0.2, 0.25) is 5.75 Å². The van der Waals surface area contributed by atoms with Gasteiger partial charge >= 0.3 is 0 Å². The van der Waals surface area contributed by atoms with Crippen molar-refractivity contribution in [3.05, 3.63) is 17.7 Å². The zero-order chi connectivity index (χ0) is 15.4. The molecule has 5 nitrogen and oxygen atoms in total. The molecule has 2 N–H and O–H groups in total. The number of piperidine rings is 1. The molecule has 2 atom stereocenters. The molecule has 0 bridgehead atoms. The van der Waals surface area contributed by atoms with E-state index in [0.29, 0.717) is 29.3 Å². The molecular weight excluding hydrogens is 268 g/mol. The van der Waals surface area contributed by atoms with Gasteiger partial charge in [-0.15, -0.1) is 0 Å². The van der Waals surface area contributed by atoms with Gasteiger partial charge in [-0.05, 0) is 37.5 Å². The van der Waals surface area contributed by atoms with Crippen LogP contribution in [0.1, 0.15) is 25.3 Å². The molecule has 0 spiro atoms. The number of hydrogen-bond donors (Lipinski definition) is 1. The zero-order valence-corrected chi connectivity index (χ0v) is 13.4. The van der Waals surface area contributed by atoms with Crippen molar-refractivity contribution in [2.24, 2.45) is 5.73 Å². The average molecular weight is 294 g/mol. The van der Waals surface area contributed by atoms with Gasteiger partial charge in [-0.25, -0.2) is 0 Å². The normalized spacial score (nSPS) is 22.9. The van der Waals surface area contributed by atoms with Crippen LogP contribution in [0.25, 0.3) is 0 Å². The topological polar surface area (TPSA) is 57.0 Å². The first-order valence-electron chi connectivity index (χ1n) is 7.37. The van der Waals surface area contributed by atoms with Crippen LogP contribution in [-0.4, -0.2) is 44.9 Å². The lowest BCUT2D eigenvalue weighted by atomic mass is 9.98. The van der Waals surface area contributed by atoms with Crippen LogP contribution in [0, 0.1) is 0 Å². The fourth-order valence-corrected chi connectivity index (χ4v) is 2.95. The standard InChI is InChI=1S/C16H26N2O3/c1-11-7-13(17)5-6-18(11)10-12-8-14(19-2)16(21-4)15(9-12)20-3/h8-9,11,13H,5-7,10,17H2,1-4H3/t11-,13-/m0/s1. The van der Waals surface area contributed by atoms with Crippen LogP contribution < -0.4 is 19.9 Å². The van der Waals surface area contributed by atoms with E-state index in [4.69, 9.17) is 19.9 Å². The highest BCUT2D eigenvalue weighted by molar-refractivity contribution is 5.53. The van der Waals surface area contributed by atoms with E-state index in [0.717, 1.165) is 31.5 Å². The molecule has 1 aliphatic rings. The van der Waals surface area contributed by atoms with E-state index in [9.17, 15) is 0 Å². The van der Waals surface area contributed by atoms with Crippen LogP contribution >= 0.6 is 0 Å². The van der Waals surface area contributed by atoms with Crippen LogP contribution in [0.2, 0.25) is 0 Å². The van der Waals surface area contributed by atoms with Crippen molar-refractivity contribution in [1.82, 2.24) is 4.90 Å². The Morgan fingerprint density at radius 1 is 1.14 bits per heavy atom. The summed E-state index contributed by atoms with van der Waals surface area (Å²) < 4.78 is 16.2. The molecule has 1 saturated heterocycles. The minimum absolute atomic E-state index is 0.330. The Labute approximate surface area is 127 Å². The van der Waals surface area contributed by atoms with Crippen molar-refractivity contribution in [1.29, 1.82) is 0 Å². The van der Waals surface area contributed by atoms with Gasteiger partial charge in [0.05, 0.1) is 21.3 Å². The Morgan fingerprint density at radius 2 is 1.76 bits per heavy atom. The predicted octanol–water partition coefficient (Wildman–Crippen LogP) is 2.02. The van der Waals surface area contributed by atoms with Crippen LogP contribution in [0.3, 0.4) is 0 Å². The van der Waals surface area contributed by atoms with Gasteiger partial charge in [0.15, 0.2) is 11.5 Å². The number of methoxy groups -OCH3 is 3. The van der Waals surface area contributed by atoms with E-state index < -0.39 is 0 Å². The summed E-state index contributed by atoms with van der Waals surface area (Å²) in [7, 11) is 4.90. The molecule has 21 heavy (non-hydrogen) atoms. The number of likely N-dealkylation sites (tertiary alicyclic amines) is 1. The molecule has 1 aliphatic heterocycles. The molecule has 0 aliphatic carbocycles. The molecule has 0 amide bonds. The maximum atomic E-state index is 6.03. The highest BCUT2D eigenvalue weighted by Gasteiger charge is 2.24. The van der Waals surface area contributed by atoms with Crippen LogP contribution in [-0.2, 0) is 6.54 Å². The quantitative estimate of drug-likeness (QED) is 0.900. The monoisotopic (exact) mass is 294 g/mol. The summed E-state index contributed by atoms with van der Waals surface area (Å²) in [5, 5.41) is 0. The highest BCUT2D eigenvalue weighted by atomic mass is 16.5. The number of benzene rings is 1. The Morgan fingerprint density at radius 3 is 2.24 bits per heavy atom. The summed E-state index contributed by atoms with van der Waals surface area (Å²) in [6.07, 6.45) is 2.10. The smallest absolute Gasteiger partial charge is 0.203 e. The number of nitrogens with two attached hydrogens (primary N) is 1. The molecular formula is C16H26N2O3. The van der Waals surface area contributed by atoms with Crippen molar-refractivity contribution in [3.8, 4) is 17.2 Å². The minimum Gasteiger partial charge on any atom is -0.493 e. The Hall–Kier alpha value is -1.46. The van der Waals surface area contributed by atoms with E-state index in [1.165, 1.54) is 0 Å². The van der Waals surface area contributed by atoms with Gasteiger partial charge in [-0.1, -0.05) is 0 Å². The Balaban J connectivity index is 2.20. The highest BCUT2D eigenvalue weighted by Crippen LogP contribution is 2.38. The summed E-state index contributed by atoms with van der Waals surface area (Å²) in [4.78, 5) is 2.45. The van der Waals surface area contributed by atoms with Crippen LogP contribution in [0.4, 0.5) is 0 Å². The predicted molar refractivity (Wildman–Crippen MR) is 83.2 cm³/mol. The van der Waals surface area contributed by atoms with E-state index in [1.54, 1.807) is 21.3 Å². The molecule has 0 unspecified atom stereocenters. The number of rotatable bonds is 5. The van der Waals surface area contributed by atoms with E-state index in [1.807, 2.05) is 12.1 Å². The second-order valence-corrected chi connectivity index (χ2v) is 5.64. The molecule has 5 heteroatoms. The Bertz CT molecular complexity index is 454. The third-order valence-corrected chi connectivity index (χ3v) is 4.16. The lowest BCUT2D eigenvalue weighted by Crippen LogP contribution is -2.44. The van der Waals surface area contributed by atoms with Crippen molar-refractivity contribution in [3.63, 3.8) is 0 Å². The third-order valence-electron chi connectivity index (χ3n) is 4.16. The first-order valence-corrected chi connectivity index (χ1v) is 7.37. The third kappa shape index (κ3) is 3.60. The molecule has 1 aromatic carbocycles. The molecule has 0 aromatic heterocycles. The van der Waals surface area contributed by atoms with E-state index in [2.05, 4.69) is 11.8 Å². The van der Waals surface area contributed by atoms with Crippen molar-refractivity contribution >= 4 is 0 Å². The maximum Gasteiger partial charge on any atom is 0.203 e. The molecule has 118 valence electrons. The largest absolute Gasteiger partial charge is 0.493 e. The number of ether oxygens (including phenoxy) is 3. The zero-order valence-electron chi connectivity index (χ0n) is 13.4. The molecule has 1 aromatic rings. The van der Waals surface area contributed by atoms with Gasteiger partial charge in [-0.2, -0.15) is 0 Å².